The standard InChI is InChI=1S/C29H31NO6/c1-27(2,3)36-26(32)30-28(4,25(31)33-5)19-20-16-17-23-24(18-20)35-29(34-23,21-12-8-6-9-13-21)22-14-10-7-11-15-22/h6-18H,19H2,1-5H3,(H,30,32). The number of amides is 1. The first-order chi connectivity index (χ1) is 17.0. The summed E-state index contributed by atoms with van der Waals surface area (Å²) in [5.41, 5.74) is 0.372. The van der Waals surface area contributed by atoms with Crippen LogP contribution in [0.3, 0.4) is 0 Å². The zero-order chi connectivity index (χ0) is 26.0. The van der Waals surface area contributed by atoms with Crippen molar-refractivity contribution in [2.75, 3.05) is 7.11 Å². The van der Waals surface area contributed by atoms with E-state index >= 15 is 0 Å². The van der Waals surface area contributed by atoms with Gasteiger partial charge in [0.25, 0.3) is 0 Å². The van der Waals surface area contributed by atoms with E-state index < -0.39 is 29.0 Å². The van der Waals surface area contributed by atoms with Gasteiger partial charge in [-0.15, -0.1) is 0 Å². The minimum atomic E-state index is -1.36. The lowest BCUT2D eigenvalue weighted by molar-refractivity contribution is -0.147. The molecule has 0 aromatic heterocycles. The van der Waals surface area contributed by atoms with Crippen LogP contribution in [0.1, 0.15) is 44.4 Å². The summed E-state index contributed by atoms with van der Waals surface area (Å²) in [6.45, 7) is 6.87. The highest BCUT2D eigenvalue weighted by Crippen LogP contribution is 2.48. The molecule has 36 heavy (non-hydrogen) atoms. The Balaban J connectivity index is 1.64. The minimum Gasteiger partial charge on any atom is -0.467 e. The van der Waals surface area contributed by atoms with Crippen molar-refractivity contribution in [3.63, 3.8) is 0 Å². The second kappa shape index (κ2) is 9.57. The maximum absolute atomic E-state index is 12.7. The molecule has 1 amide bonds. The summed E-state index contributed by atoms with van der Waals surface area (Å²) in [7, 11) is 1.28. The Hall–Kier alpha value is -4.00. The van der Waals surface area contributed by atoms with Gasteiger partial charge in [0.15, 0.2) is 11.5 Å². The monoisotopic (exact) mass is 489 g/mol. The fraction of sp³-hybridized carbons (Fsp3) is 0.310. The molecule has 0 radical (unpaired) electrons. The van der Waals surface area contributed by atoms with Crippen LogP contribution in [0.15, 0.2) is 78.9 Å². The summed E-state index contributed by atoms with van der Waals surface area (Å²) in [5.74, 6) is -0.630. The lowest BCUT2D eigenvalue weighted by Gasteiger charge is -2.30. The molecule has 3 aromatic rings. The van der Waals surface area contributed by atoms with E-state index in [0.29, 0.717) is 11.5 Å². The molecule has 0 saturated carbocycles. The van der Waals surface area contributed by atoms with Gasteiger partial charge >= 0.3 is 17.8 Å². The molecule has 0 aliphatic carbocycles. The van der Waals surface area contributed by atoms with Crippen molar-refractivity contribution in [3.05, 3.63) is 95.6 Å². The van der Waals surface area contributed by atoms with Crippen molar-refractivity contribution in [2.24, 2.45) is 0 Å². The molecule has 3 aromatic carbocycles. The number of esters is 1. The van der Waals surface area contributed by atoms with Gasteiger partial charge in [0.05, 0.1) is 7.11 Å². The first-order valence-electron chi connectivity index (χ1n) is 11.8. The molecule has 1 aliphatic rings. The number of rotatable bonds is 6. The van der Waals surface area contributed by atoms with Crippen molar-refractivity contribution in [1.82, 2.24) is 5.32 Å². The molecule has 0 bridgehead atoms. The predicted molar refractivity (Wildman–Crippen MR) is 135 cm³/mol. The predicted octanol–water partition coefficient (Wildman–Crippen LogP) is 5.36. The number of benzene rings is 3. The van der Waals surface area contributed by atoms with Crippen molar-refractivity contribution in [1.29, 1.82) is 0 Å². The van der Waals surface area contributed by atoms with Crippen molar-refractivity contribution in [3.8, 4) is 11.5 Å². The van der Waals surface area contributed by atoms with Crippen LogP contribution >= 0.6 is 0 Å². The van der Waals surface area contributed by atoms with Gasteiger partial charge in [-0.25, -0.2) is 9.59 Å². The average molecular weight is 490 g/mol. The summed E-state index contributed by atoms with van der Waals surface area (Å²) in [6, 6.07) is 24.9. The first kappa shape index (κ1) is 25.1. The molecular formula is C29H31NO6. The maximum atomic E-state index is 12.7. The zero-order valence-electron chi connectivity index (χ0n) is 21.2. The normalized spacial score (nSPS) is 15.5. The molecule has 1 unspecified atom stereocenters. The van der Waals surface area contributed by atoms with Crippen LogP contribution in [0.25, 0.3) is 0 Å². The van der Waals surface area contributed by atoms with E-state index in [1.54, 1.807) is 27.7 Å². The van der Waals surface area contributed by atoms with Crippen LogP contribution in [-0.2, 0) is 26.5 Å². The quantitative estimate of drug-likeness (QED) is 0.470. The second-order valence-electron chi connectivity index (χ2n) is 9.96. The number of nitrogens with one attached hydrogen (secondary N) is 1. The number of alkyl carbamates (subject to hydrolysis) is 1. The van der Waals surface area contributed by atoms with Gasteiger partial charge in [0.2, 0.25) is 0 Å². The molecule has 0 spiro atoms. The molecule has 1 aliphatic heterocycles. The molecule has 1 N–H and O–H groups in total. The molecule has 0 saturated heterocycles. The maximum Gasteiger partial charge on any atom is 0.408 e. The summed E-state index contributed by atoms with van der Waals surface area (Å²) in [5, 5.41) is 2.68. The fourth-order valence-corrected chi connectivity index (χ4v) is 4.20. The second-order valence-corrected chi connectivity index (χ2v) is 9.96. The number of methoxy groups -OCH3 is 1. The van der Waals surface area contributed by atoms with E-state index in [0.717, 1.165) is 16.7 Å². The van der Waals surface area contributed by atoms with Gasteiger partial charge in [-0.3, -0.25) is 0 Å². The SMILES string of the molecule is COC(=O)C(C)(Cc1ccc2c(c1)OC(c1ccccc1)(c1ccccc1)O2)NC(=O)OC(C)(C)C. The smallest absolute Gasteiger partial charge is 0.408 e. The van der Waals surface area contributed by atoms with Gasteiger partial charge < -0.3 is 24.3 Å². The Morgan fingerprint density at radius 3 is 1.92 bits per heavy atom. The molecule has 7 heteroatoms. The largest absolute Gasteiger partial charge is 0.467 e. The van der Waals surface area contributed by atoms with E-state index in [1.165, 1.54) is 7.11 Å². The molecule has 4 rings (SSSR count). The van der Waals surface area contributed by atoms with Crippen molar-refractivity contribution in [2.45, 2.75) is 51.0 Å². The lowest BCUT2D eigenvalue weighted by Crippen LogP contribution is -2.55. The van der Waals surface area contributed by atoms with Crippen LogP contribution in [0.4, 0.5) is 4.79 Å². The van der Waals surface area contributed by atoms with Crippen LogP contribution in [0.5, 0.6) is 11.5 Å². The zero-order valence-corrected chi connectivity index (χ0v) is 21.2. The van der Waals surface area contributed by atoms with Gasteiger partial charge in [0, 0.05) is 17.5 Å². The van der Waals surface area contributed by atoms with Crippen molar-refractivity contribution < 1.29 is 28.5 Å². The Morgan fingerprint density at radius 2 is 1.39 bits per heavy atom. The summed E-state index contributed by atoms with van der Waals surface area (Å²) in [4.78, 5) is 25.2. The van der Waals surface area contributed by atoms with Gasteiger partial charge in [-0.2, -0.15) is 0 Å². The molecule has 0 fully saturated rings. The number of ether oxygens (including phenoxy) is 4. The summed E-state index contributed by atoms with van der Waals surface area (Å²) in [6.07, 6.45) is -0.553. The van der Waals surface area contributed by atoms with E-state index in [-0.39, 0.29) is 6.42 Å². The highest BCUT2D eigenvalue weighted by atomic mass is 16.7. The van der Waals surface area contributed by atoms with E-state index in [9.17, 15) is 9.59 Å². The van der Waals surface area contributed by atoms with Crippen LogP contribution < -0.4 is 14.8 Å². The lowest BCUT2D eigenvalue weighted by atomic mass is 9.92. The Kier molecular flexibility index (Phi) is 6.67. The minimum absolute atomic E-state index is 0.152. The first-order valence-corrected chi connectivity index (χ1v) is 11.8. The highest BCUT2D eigenvalue weighted by Gasteiger charge is 2.46. The topological polar surface area (TPSA) is 83.1 Å². The number of hydrogen-bond donors (Lipinski definition) is 1. The summed E-state index contributed by atoms with van der Waals surface area (Å²) >= 11 is 0. The highest BCUT2D eigenvalue weighted by molar-refractivity contribution is 5.85. The number of carbonyl (C=O) groups is 2. The van der Waals surface area contributed by atoms with E-state index in [1.807, 2.05) is 78.9 Å². The average Bonchev–Trinajstić information content (AvgIpc) is 3.23. The Bertz CT molecular complexity index is 1200. The molecular weight excluding hydrogens is 458 g/mol. The van der Waals surface area contributed by atoms with Crippen LogP contribution in [-0.4, -0.2) is 30.3 Å². The van der Waals surface area contributed by atoms with Gasteiger partial charge in [-0.1, -0.05) is 66.7 Å². The summed E-state index contributed by atoms with van der Waals surface area (Å²) < 4.78 is 23.3. The van der Waals surface area contributed by atoms with Crippen LogP contribution in [0, 0.1) is 0 Å². The van der Waals surface area contributed by atoms with Gasteiger partial charge in [0.1, 0.15) is 11.1 Å². The third-order valence-electron chi connectivity index (χ3n) is 5.79. The van der Waals surface area contributed by atoms with Crippen LogP contribution in [0.2, 0.25) is 0 Å². The fourth-order valence-electron chi connectivity index (χ4n) is 4.20. The molecule has 188 valence electrons. The van der Waals surface area contributed by atoms with E-state index in [2.05, 4.69) is 5.32 Å². The molecule has 7 nitrogen and oxygen atoms in total. The third-order valence-corrected chi connectivity index (χ3v) is 5.79. The van der Waals surface area contributed by atoms with E-state index in [4.69, 9.17) is 18.9 Å². The molecule has 1 heterocycles. The number of hydrogen-bond acceptors (Lipinski definition) is 6. The number of carbonyl (C=O) groups excluding carboxylic acids is 2. The molecule has 1 atom stereocenters. The number of fused-ring (bicyclic) bond motifs is 1. The Labute approximate surface area is 211 Å². The van der Waals surface area contributed by atoms with Crippen molar-refractivity contribution >= 4 is 12.1 Å². The third kappa shape index (κ3) is 5.15. The van der Waals surface area contributed by atoms with Gasteiger partial charge in [-0.05, 0) is 45.4 Å². The Morgan fingerprint density at radius 1 is 0.833 bits per heavy atom.